The van der Waals surface area contributed by atoms with Gasteiger partial charge in [0.05, 0.1) is 4.88 Å². The van der Waals surface area contributed by atoms with E-state index in [1.54, 1.807) is 9.80 Å². The first-order valence-corrected chi connectivity index (χ1v) is 8.06. The van der Waals surface area contributed by atoms with E-state index in [4.69, 9.17) is 0 Å². The summed E-state index contributed by atoms with van der Waals surface area (Å²) < 4.78 is 0. The van der Waals surface area contributed by atoms with Crippen LogP contribution in [-0.4, -0.2) is 47.9 Å². The van der Waals surface area contributed by atoms with E-state index in [1.165, 1.54) is 11.3 Å². The minimum atomic E-state index is -0.116. The van der Waals surface area contributed by atoms with E-state index in [2.05, 4.69) is 5.32 Å². The third-order valence-corrected chi connectivity index (χ3v) is 4.47. The third kappa shape index (κ3) is 3.28. The molecule has 0 atom stereocenters. The molecule has 22 heavy (non-hydrogen) atoms. The summed E-state index contributed by atoms with van der Waals surface area (Å²) in [5.41, 5.74) is 0.782. The molecule has 0 unspecified atom stereocenters. The fourth-order valence-electron chi connectivity index (χ4n) is 2.39. The quantitative estimate of drug-likeness (QED) is 0.926. The van der Waals surface area contributed by atoms with Gasteiger partial charge in [-0.2, -0.15) is 0 Å². The lowest BCUT2D eigenvalue weighted by Crippen LogP contribution is -2.51. The van der Waals surface area contributed by atoms with Crippen LogP contribution in [0.15, 0.2) is 47.8 Å². The third-order valence-electron chi connectivity index (χ3n) is 3.61. The molecule has 2 heterocycles. The van der Waals surface area contributed by atoms with Crippen molar-refractivity contribution in [1.29, 1.82) is 0 Å². The number of amides is 3. The van der Waals surface area contributed by atoms with E-state index in [1.807, 2.05) is 47.8 Å². The smallest absolute Gasteiger partial charge is 0.321 e. The summed E-state index contributed by atoms with van der Waals surface area (Å²) in [5, 5.41) is 4.77. The molecular weight excluding hydrogens is 298 g/mol. The summed E-state index contributed by atoms with van der Waals surface area (Å²) in [4.78, 5) is 28.7. The number of anilines is 1. The number of nitrogens with zero attached hydrogens (tertiary/aromatic N) is 2. The van der Waals surface area contributed by atoms with Crippen molar-refractivity contribution in [1.82, 2.24) is 9.80 Å². The average molecular weight is 315 g/mol. The summed E-state index contributed by atoms with van der Waals surface area (Å²) in [5.74, 6) is 0.0538. The Labute approximate surface area is 133 Å². The lowest BCUT2D eigenvalue weighted by molar-refractivity contribution is 0.0676. The number of hydrogen-bond donors (Lipinski definition) is 1. The van der Waals surface area contributed by atoms with Crippen LogP contribution in [0.2, 0.25) is 0 Å². The van der Waals surface area contributed by atoms with Crippen molar-refractivity contribution in [2.24, 2.45) is 0 Å². The normalized spacial score (nSPS) is 14.7. The minimum absolute atomic E-state index is 0.0538. The number of thiophene rings is 1. The van der Waals surface area contributed by atoms with Gasteiger partial charge in [0.2, 0.25) is 0 Å². The Kier molecular flexibility index (Phi) is 4.39. The maximum atomic E-state index is 12.2. The molecule has 1 saturated heterocycles. The molecule has 0 aliphatic carbocycles. The Balaban J connectivity index is 1.53. The molecule has 1 aliphatic rings. The van der Waals surface area contributed by atoms with Crippen LogP contribution < -0.4 is 5.32 Å². The van der Waals surface area contributed by atoms with Crippen molar-refractivity contribution in [3.8, 4) is 0 Å². The van der Waals surface area contributed by atoms with E-state index in [0.717, 1.165) is 10.6 Å². The second-order valence-corrected chi connectivity index (χ2v) is 6.00. The first-order valence-electron chi connectivity index (χ1n) is 7.18. The highest BCUT2D eigenvalue weighted by Gasteiger charge is 2.25. The number of rotatable bonds is 2. The Morgan fingerprint density at radius 3 is 2.23 bits per heavy atom. The monoisotopic (exact) mass is 315 g/mol. The molecule has 3 amide bonds. The van der Waals surface area contributed by atoms with Crippen LogP contribution in [0.25, 0.3) is 0 Å². The van der Waals surface area contributed by atoms with Crippen LogP contribution in [0.3, 0.4) is 0 Å². The molecule has 2 aromatic rings. The van der Waals surface area contributed by atoms with Gasteiger partial charge in [-0.25, -0.2) is 4.79 Å². The summed E-state index contributed by atoms with van der Waals surface area (Å²) in [6, 6.07) is 13.0. The van der Waals surface area contributed by atoms with Gasteiger partial charge in [0.25, 0.3) is 5.91 Å². The molecular formula is C16H17N3O2S. The zero-order chi connectivity index (χ0) is 15.4. The molecule has 0 spiro atoms. The van der Waals surface area contributed by atoms with Crippen LogP contribution in [0.5, 0.6) is 0 Å². The molecule has 1 N–H and O–H groups in total. The van der Waals surface area contributed by atoms with E-state index in [0.29, 0.717) is 26.2 Å². The standard InChI is InChI=1S/C16H17N3O2S/c20-15(14-7-4-12-22-14)18-8-10-19(11-9-18)16(21)17-13-5-2-1-3-6-13/h1-7,12H,8-11H2,(H,17,21). The fourth-order valence-corrected chi connectivity index (χ4v) is 3.08. The van der Waals surface area contributed by atoms with Crippen molar-refractivity contribution in [2.45, 2.75) is 0 Å². The molecule has 114 valence electrons. The van der Waals surface area contributed by atoms with Crippen LogP contribution in [0, 0.1) is 0 Å². The van der Waals surface area contributed by atoms with Crippen molar-refractivity contribution >= 4 is 29.0 Å². The molecule has 1 aliphatic heterocycles. The molecule has 1 fully saturated rings. The SMILES string of the molecule is O=C(Nc1ccccc1)N1CCN(C(=O)c2cccs2)CC1. The van der Waals surface area contributed by atoms with Crippen LogP contribution in [-0.2, 0) is 0 Å². The average Bonchev–Trinajstić information content (AvgIpc) is 3.10. The van der Waals surface area contributed by atoms with Crippen LogP contribution in [0.4, 0.5) is 10.5 Å². The zero-order valence-electron chi connectivity index (χ0n) is 12.1. The first kappa shape index (κ1) is 14.6. The zero-order valence-corrected chi connectivity index (χ0v) is 12.9. The van der Waals surface area contributed by atoms with E-state index >= 15 is 0 Å². The van der Waals surface area contributed by atoms with Gasteiger partial charge >= 0.3 is 6.03 Å². The topological polar surface area (TPSA) is 52.7 Å². The van der Waals surface area contributed by atoms with Crippen LogP contribution >= 0.6 is 11.3 Å². The molecule has 5 nitrogen and oxygen atoms in total. The maximum Gasteiger partial charge on any atom is 0.321 e. The van der Waals surface area contributed by atoms with Crippen LogP contribution in [0.1, 0.15) is 9.67 Å². The molecule has 1 aromatic carbocycles. The Hall–Kier alpha value is -2.34. The lowest BCUT2D eigenvalue weighted by atomic mass is 10.3. The van der Waals surface area contributed by atoms with Crippen molar-refractivity contribution in [3.05, 3.63) is 52.7 Å². The van der Waals surface area contributed by atoms with E-state index in [9.17, 15) is 9.59 Å². The number of urea groups is 1. The maximum absolute atomic E-state index is 12.2. The van der Waals surface area contributed by atoms with Crippen molar-refractivity contribution in [2.75, 3.05) is 31.5 Å². The predicted octanol–water partition coefficient (Wildman–Crippen LogP) is 2.74. The predicted molar refractivity (Wildman–Crippen MR) is 87.3 cm³/mol. The van der Waals surface area contributed by atoms with E-state index < -0.39 is 0 Å². The number of nitrogens with one attached hydrogen (secondary N) is 1. The van der Waals surface area contributed by atoms with Gasteiger partial charge in [-0.05, 0) is 23.6 Å². The number of hydrogen-bond acceptors (Lipinski definition) is 3. The summed E-state index contributed by atoms with van der Waals surface area (Å²) in [6.45, 7) is 2.24. The number of carbonyl (C=O) groups excluding carboxylic acids is 2. The first-order chi connectivity index (χ1) is 10.7. The second kappa shape index (κ2) is 6.62. The highest BCUT2D eigenvalue weighted by Crippen LogP contribution is 2.14. The number of carbonyl (C=O) groups is 2. The van der Waals surface area contributed by atoms with Gasteiger partial charge in [0, 0.05) is 31.9 Å². The highest BCUT2D eigenvalue weighted by atomic mass is 32.1. The molecule has 6 heteroatoms. The summed E-state index contributed by atoms with van der Waals surface area (Å²) in [6.07, 6.45) is 0. The van der Waals surface area contributed by atoms with Gasteiger partial charge in [-0.1, -0.05) is 24.3 Å². The molecule has 1 aromatic heterocycles. The summed E-state index contributed by atoms with van der Waals surface area (Å²) >= 11 is 1.45. The minimum Gasteiger partial charge on any atom is -0.334 e. The number of benzene rings is 1. The van der Waals surface area contributed by atoms with Crippen molar-refractivity contribution < 1.29 is 9.59 Å². The molecule has 3 rings (SSSR count). The van der Waals surface area contributed by atoms with Gasteiger partial charge in [0.1, 0.15) is 0 Å². The Bertz CT molecular complexity index is 635. The molecule has 0 radical (unpaired) electrons. The molecule has 0 bridgehead atoms. The Morgan fingerprint density at radius 1 is 0.909 bits per heavy atom. The van der Waals surface area contributed by atoms with E-state index in [-0.39, 0.29) is 11.9 Å². The van der Waals surface area contributed by atoms with Gasteiger partial charge in [-0.3, -0.25) is 4.79 Å². The van der Waals surface area contributed by atoms with Gasteiger partial charge < -0.3 is 15.1 Å². The summed E-state index contributed by atoms with van der Waals surface area (Å²) in [7, 11) is 0. The van der Waals surface area contributed by atoms with Crippen molar-refractivity contribution in [3.63, 3.8) is 0 Å². The lowest BCUT2D eigenvalue weighted by Gasteiger charge is -2.34. The Morgan fingerprint density at radius 2 is 1.59 bits per heavy atom. The molecule has 0 saturated carbocycles. The van der Waals surface area contributed by atoms with Gasteiger partial charge in [0.15, 0.2) is 0 Å². The highest BCUT2D eigenvalue weighted by molar-refractivity contribution is 7.12. The fraction of sp³-hybridized carbons (Fsp3) is 0.250. The van der Waals surface area contributed by atoms with Gasteiger partial charge in [-0.15, -0.1) is 11.3 Å². The second-order valence-electron chi connectivity index (χ2n) is 5.05. The number of piperazine rings is 1. The largest absolute Gasteiger partial charge is 0.334 e. The number of para-hydroxylation sites is 1.